The van der Waals surface area contributed by atoms with Gasteiger partial charge < -0.3 is 4.48 Å². The van der Waals surface area contributed by atoms with E-state index in [9.17, 15) is 9.59 Å². The van der Waals surface area contributed by atoms with Gasteiger partial charge in [0.25, 0.3) is 11.8 Å². The number of quaternary nitrogens is 1. The Morgan fingerprint density at radius 1 is 0.750 bits per heavy atom. The first-order valence-electron chi connectivity index (χ1n) is 9.82. The molecule has 2 amide bonds. The third-order valence-electron chi connectivity index (χ3n) is 4.95. The lowest BCUT2D eigenvalue weighted by molar-refractivity contribution is -0.889. The quantitative estimate of drug-likeness (QED) is 0.274. The Morgan fingerprint density at radius 2 is 1.21 bits per heavy atom. The molecule has 0 saturated heterocycles. The van der Waals surface area contributed by atoms with E-state index in [0.29, 0.717) is 6.54 Å². The van der Waals surface area contributed by atoms with Crippen LogP contribution >= 0.6 is 0 Å². The summed E-state index contributed by atoms with van der Waals surface area (Å²) >= 11 is 0. The van der Waals surface area contributed by atoms with Crippen LogP contribution in [-0.4, -0.2) is 54.9 Å². The van der Waals surface area contributed by atoms with Crippen molar-refractivity contribution in [2.75, 3.05) is 33.7 Å². The minimum Gasteiger partial charge on any atom is -0.327 e. The normalized spacial score (nSPS) is 14.9. The van der Waals surface area contributed by atoms with Gasteiger partial charge in [-0.2, -0.15) is 0 Å². The molecule has 0 atom stereocenters. The van der Waals surface area contributed by atoms with Crippen molar-refractivity contribution >= 4 is 11.8 Å². The average Bonchev–Trinajstić information content (AvgIpc) is 2.86. The third kappa shape index (κ3) is 8.62. The van der Waals surface area contributed by atoms with Crippen molar-refractivity contribution < 1.29 is 14.1 Å². The number of likely N-dealkylation sites (N-methyl/N-ethyl adjacent to an activating group) is 1. The van der Waals surface area contributed by atoms with Gasteiger partial charge in [0.15, 0.2) is 0 Å². The van der Waals surface area contributed by atoms with Crippen LogP contribution in [0.1, 0.15) is 71.1 Å². The van der Waals surface area contributed by atoms with E-state index in [1.807, 2.05) is 0 Å². The minimum atomic E-state index is -0.168. The first-order chi connectivity index (χ1) is 11.5. The van der Waals surface area contributed by atoms with Crippen molar-refractivity contribution in [3.8, 4) is 0 Å². The number of hydrogen-bond donors (Lipinski definition) is 0. The number of hydrogen-bond acceptors (Lipinski definition) is 2. The van der Waals surface area contributed by atoms with Gasteiger partial charge in [0, 0.05) is 12.2 Å². The van der Waals surface area contributed by atoms with Crippen LogP contribution < -0.4 is 0 Å². The summed E-state index contributed by atoms with van der Waals surface area (Å²) in [5, 5.41) is 0. The first kappa shape index (κ1) is 20.9. The standard InChI is InChI=1S/C20H37N2O2/c1-4-5-6-7-8-9-10-11-12-13-17-22(2,3)18-16-21-19(23)14-15-20(21)24/h14-15H,4-13,16-18H2,1-3H3/q+1. The molecule has 0 N–H and O–H groups in total. The zero-order chi connectivity index (χ0) is 17.8. The lowest BCUT2D eigenvalue weighted by Gasteiger charge is -2.31. The summed E-state index contributed by atoms with van der Waals surface area (Å²) in [6.45, 7) is 4.73. The number of carbonyl (C=O) groups is 2. The van der Waals surface area contributed by atoms with Crippen LogP contribution in [0.25, 0.3) is 0 Å². The van der Waals surface area contributed by atoms with Crippen LogP contribution in [0.15, 0.2) is 12.2 Å². The molecule has 0 unspecified atom stereocenters. The van der Waals surface area contributed by atoms with Gasteiger partial charge in [-0.3, -0.25) is 14.5 Å². The van der Waals surface area contributed by atoms with Gasteiger partial charge >= 0.3 is 0 Å². The summed E-state index contributed by atoms with van der Waals surface area (Å²) in [6, 6.07) is 0. The van der Waals surface area contributed by atoms with E-state index >= 15 is 0 Å². The van der Waals surface area contributed by atoms with Crippen molar-refractivity contribution in [1.82, 2.24) is 4.90 Å². The number of rotatable bonds is 14. The molecule has 1 aliphatic heterocycles. The molecule has 0 radical (unpaired) electrons. The van der Waals surface area contributed by atoms with Crippen LogP contribution in [-0.2, 0) is 9.59 Å². The van der Waals surface area contributed by atoms with Crippen LogP contribution in [0.2, 0.25) is 0 Å². The summed E-state index contributed by atoms with van der Waals surface area (Å²) in [7, 11) is 4.37. The number of nitrogens with zero attached hydrogens (tertiary/aromatic N) is 2. The van der Waals surface area contributed by atoms with Gasteiger partial charge in [-0.05, 0) is 12.8 Å². The smallest absolute Gasteiger partial charge is 0.253 e. The molecular weight excluding hydrogens is 300 g/mol. The summed E-state index contributed by atoms with van der Waals surface area (Å²) in [5.41, 5.74) is 0. The molecule has 0 aliphatic carbocycles. The molecule has 1 rings (SSSR count). The largest absolute Gasteiger partial charge is 0.327 e. The van der Waals surface area contributed by atoms with Crippen molar-refractivity contribution in [3.63, 3.8) is 0 Å². The molecule has 0 bridgehead atoms. The summed E-state index contributed by atoms with van der Waals surface area (Å²) in [4.78, 5) is 24.5. The zero-order valence-electron chi connectivity index (χ0n) is 16.1. The van der Waals surface area contributed by atoms with Gasteiger partial charge in [0.2, 0.25) is 0 Å². The Morgan fingerprint density at radius 3 is 1.71 bits per heavy atom. The van der Waals surface area contributed by atoms with Crippen LogP contribution in [0, 0.1) is 0 Å². The molecule has 24 heavy (non-hydrogen) atoms. The molecule has 138 valence electrons. The van der Waals surface area contributed by atoms with Crippen molar-refractivity contribution in [2.24, 2.45) is 0 Å². The predicted octanol–water partition coefficient (Wildman–Crippen LogP) is 3.91. The Kier molecular flexibility index (Phi) is 9.92. The molecule has 4 heteroatoms. The Bertz CT molecular complexity index is 398. The molecule has 0 saturated carbocycles. The fourth-order valence-corrected chi connectivity index (χ4v) is 3.16. The fraction of sp³-hybridized carbons (Fsp3) is 0.800. The van der Waals surface area contributed by atoms with Gasteiger partial charge in [0.05, 0.1) is 33.7 Å². The van der Waals surface area contributed by atoms with Crippen molar-refractivity contribution in [2.45, 2.75) is 71.1 Å². The van der Waals surface area contributed by atoms with E-state index < -0.39 is 0 Å². The monoisotopic (exact) mass is 337 g/mol. The van der Waals surface area contributed by atoms with Gasteiger partial charge in [-0.1, -0.05) is 58.3 Å². The van der Waals surface area contributed by atoms with Gasteiger partial charge in [-0.15, -0.1) is 0 Å². The van der Waals surface area contributed by atoms with E-state index in [-0.39, 0.29) is 11.8 Å². The van der Waals surface area contributed by atoms with Crippen molar-refractivity contribution in [1.29, 1.82) is 0 Å². The number of carbonyl (C=O) groups excluding carboxylic acids is 2. The SMILES string of the molecule is CCCCCCCCCCCC[N+](C)(C)CCN1C(=O)C=CC1=O. The maximum Gasteiger partial charge on any atom is 0.253 e. The minimum absolute atomic E-state index is 0.168. The highest BCUT2D eigenvalue weighted by Crippen LogP contribution is 2.12. The van der Waals surface area contributed by atoms with Crippen LogP contribution in [0.5, 0.6) is 0 Å². The Labute approximate surface area is 148 Å². The lowest BCUT2D eigenvalue weighted by Crippen LogP contribution is -2.47. The number of unbranched alkanes of at least 4 members (excludes halogenated alkanes) is 9. The van der Waals surface area contributed by atoms with E-state index in [0.717, 1.165) is 17.6 Å². The molecule has 0 fully saturated rings. The van der Waals surface area contributed by atoms with Crippen molar-refractivity contribution in [3.05, 3.63) is 12.2 Å². The zero-order valence-corrected chi connectivity index (χ0v) is 16.1. The molecule has 4 nitrogen and oxygen atoms in total. The summed E-state index contributed by atoms with van der Waals surface area (Å²) < 4.78 is 0.869. The molecule has 0 spiro atoms. The molecule has 1 aliphatic rings. The lowest BCUT2D eigenvalue weighted by atomic mass is 10.1. The number of amides is 2. The van der Waals surface area contributed by atoms with E-state index in [2.05, 4.69) is 21.0 Å². The highest BCUT2D eigenvalue weighted by atomic mass is 16.2. The van der Waals surface area contributed by atoms with Gasteiger partial charge in [-0.25, -0.2) is 0 Å². The second-order valence-electron chi connectivity index (χ2n) is 7.73. The topological polar surface area (TPSA) is 37.4 Å². The highest BCUT2D eigenvalue weighted by Gasteiger charge is 2.26. The van der Waals surface area contributed by atoms with E-state index in [1.165, 1.54) is 81.3 Å². The second-order valence-corrected chi connectivity index (χ2v) is 7.73. The molecule has 0 aromatic rings. The maximum atomic E-state index is 11.6. The molecule has 1 heterocycles. The summed E-state index contributed by atoms with van der Waals surface area (Å²) in [6.07, 6.45) is 16.2. The Balaban J connectivity index is 2.01. The second kappa shape index (κ2) is 11.4. The van der Waals surface area contributed by atoms with E-state index in [1.54, 1.807) is 0 Å². The molecule has 0 aromatic heterocycles. The Hall–Kier alpha value is -1.16. The molecular formula is C20H37N2O2+. The van der Waals surface area contributed by atoms with Gasteiger partial charge in [0.1, 0.15) is 0 Å². The van der Waals surface area contributed by atoms with E-state index in [4.69, 9.17) is 0 Å². The first-order valence-corrected chi connectivity index (χ1v) is 9.82. The highest BCUT2D eigenvalue weighted by molar-refractivity contribution is 6.12. The number of imide groups is 1. The summed E-state index contributed by atoms with van der Waals surface area (Å²) in [5.74, 6) is -0.335. The maximum absolute atomic E-state index is 11.6. The van der Waals surface area contributed by atoms with Crippen LogP contribution in [0.4, 0.5) is 0 Å². The fourth-order valence-electron chi connectivity index (χ4n) is 3.16. The van der Waals surface area contributed by atoms with Crippen LogP contribution in [0.3, 0.4) is 0 Å². The molecule has 0 aromatic carbocycles. The third-order valence-corrected chi connectivity index (χ3v) is 4.95. The predicted molar refractivity (Wildman–Crippen MR) is 99.5 cm³/mol. The average molecular weight is 338 g/mol.